The average Bonchev–Trinajstić information content (AvgIpc) is 2.42. The van der Waals surface area contributed by atoms with Crippen LogP contribution >= 0.6 is 12.2 Å². The van der Waals surface area contributed by atoms with E-state index in [1.165, 1.54) is 25.1 Å². The van der Waals surface area contributed by atoms with Gasteiger partial charge in [-0.05, 0) is 30.3 Å². The van der Waals surface area contributed by atoms with Crippen molar-refractivity contribution in [3.63, 3.8) is 0 Å². The van der Waals surface area contributed by atoms with E-state index >= 15 is 0 Å². The highest BCUT2D eigenvalue weighted by Crippen LogP contribution is 2.31. The van der Waals surface area contributed by atoms with Crippen molar-refractivity contribution in [2.45, 2.75) is 6.92 Å². The molecule has 0 aliphatic heterocycles. The van der Waals surface area contributed by atoms with Crippen LogP contribution in [0.5, 0.6) is 11.5 Å². The molecule has 0 radical (unpaired) electrons. The van der Waals surface area contributed by atoms with Crippen molar-refractivity contribution >= 4 is 28.8 Å². The van der Waals surface area contributed by atoms with Gasteiger partial charge in [0.15, 0.2) is 5.75 Å². The third-order valence-corrected chi connectivity index (χ3v) is 2.84. The summed E-state index contributed by atoms with van der Waals surface area (Å²) in [5.74, 6) is 0.0542. The van der Waals surface area contributed by atoms with Crippen LogP contribution in [-0.2, 0) is 4.79 Å². The lowest BCUT2D eigenvalue weighted by Crippen LogP contribution is -2.12. The monoisotopic (exact) mass is 304 g/mol. The maximum Gasteiger partial charge on any atom is 0.221 e. The van der Waals surface area contributed by atoms with Crippen LogP contribution in [0.25, 0.3) is 0 Å². The summed E-state index contributed by atoms with van der Waals surface area (Å²) in [7, 11) is 0. The number of halogens is 1. The van der Waals surface area contributed by atoms with Crippen LogP contribution in [0.2, 0.25) is 0 Å². The van der Waals surface area contributed by atoms with Gasteiger partial charge in [-0.15, -0.1) is 0 Å². The van der Waals surface area contributed by atoms with Crippen LogP contribution in [-0.4, -0.2) is 10.9 Å². The Hall–Kier alpha value is -2.47. The number of nitrogens with one attached hydrogen (secondary N) is 1. The molecule has 0 fully saturated rings. The Kier molecular flexibility index (Phi) is 4.49. The largest absolute Gasteiger partial charge is 0.454 e. The number of hydrogen-bond acceptors (Lipinski definition) is 3. The van der Waals surface area contributed by atoms with Crippen LogP contribution in [0.1, 0.15) is 12.5 Å². The lowest BCUT2D eigenvalue weighted by molar-refractivity contribution is -0.114. The van der Waals surface area contributed by atoms with Gasteiger partial charge in [0.2, 0.25) is 5.91 Å². The van der Waals surface area contributed by atoms with Crippen LogP contribution in [0.3, 0.4) is 0 Å². The van der Waals surface area contributed by atoms with Crippen LogP contribution in [0.15, 0.2) is 42.5 Å². The number of carbonyl (C=O) groups is 1. The summed E-state index contributed by atoms with van der Waals surface area (Å²) in [5, 5.41) is 2.65. The molecular weight excluding hydrogens is 291 g/mol. The Morgan fingerprint density at radius 3 is 2.62 bits per heavy atom. The molecular formula is C15H13FN2O2S. The summed E-state index contributed by atoms with van der Waals surface area (Å²) in [5.41, 5.74) is 6.37. The zero-order valence-electron chi connectivity index (χ0n) is 11.2. The molecule has 0 bridgehead atoms. The molecule has 0 unspecified atom stereocenters. The quantitative estimate of drug-likeness (QED) is 0.851. The highest BCUT2D eigenvalue weighted by Gasteiger charge is 2.11. The molecule has 2 aromatic carbocycles. The van der Waals surface area contributed by atoms with Crippen LogP contribution in [0, 0.1) is 5.82 Å². The third kappa shape index (κ3) is 3.76. The molecule has 3 N–H and O–H groups in total. The number of para-hydroxylation sites is 2. The molecule has 0 spiro atoms. The van der Waals surface area contributed by atoms with Gasteiger partial charge < -0.3 is 15.8 Å². The fourth-order valence-corrected chi connectivity index (χ4v) is 1.91. The minimum absolute atomic E-state index is 0.0292. The van der Waals surface area contributed by atoms with Gasteiger partial charge in [-0.2, -0.15) is 0 Å². The standard InChI is InChI=1S/C15H13FN2O2S/c1-9(19)18-12-4-2-3-5-14(12)20-13-7-6-10(16)8-11(13)15(17)21/h2-8H,1H3,(H2,17,21)(H,18,19). The lowest BCUT2D eigenvalue weighted by atomic mass is 10.2. The molecule has 0 saturated heterocycles. The minimum atomic E-state index is -0.458. The smallest absolute Gasteiger partial charge is 0.221 e. The first-order valence-electron chi connectivity index (χ1n) is 6.11. The predicted molar refractivity (Wildman–Crippen MR) is 83.1 cm³/mol. The molecule has 2 aromatic rings. The Balaban J connectivity index is 2.39. The van der Waals surface area contributed by atoms with Crippen molar-refractivity contribution in [3.05, 3.63) is 53.8 Å². The van der Waals surface area contributed by atoms with E-state index in [0.717, 1.165) is 0 Å². The molecule has 2 rings (SSSR count). The summed E-state index contributed by atoms with van der Waals surface area (Å²) in [4.78, 5) is 11.2. The Morgan fingerprint density at radius 1 is 1.24 bits per heavy atom. The SMILES string of the molecule is CC(=O)Nc1ccccc1Oc1ccc(F)cc1C(N)=S. The van der Waals surface area contributed by atoms with E-state index in [4.69, 9.17) is 22.7 Å². The van der Waals surface area contributed by atoms with Crippen molar-refractivity contribution < 1.29 is 13.9 Å². The fraction of sp³-hybridized carbons (Fsp3) is 0.0667. The molecule has 1 amide bonds. The first kappa shape index (κ1) is 14.9. The summed E-state index contributed by atoms with van der Waals surface area (Å²) in [6, 6.07) is 10.8. The molecule has 6 heteroatoms. The fourth-order valence-electron chi connectivity index (χ4n) is 1.75. The van der Waals surface area contributed by atoms with Crippen molar-refractivity contribution in [2.24, 2.45) is 5.73 Å². The molecule has 0 aliphatic carbocycles. The van der Waals surface area contributed by atoms with Crippen molar-refractivity contribution in [2.75, 3.05) is 5.32 Å². The average molecular weight is 304 g/mol. The Labute approximate surface area is 126 Å². The number of hydrogen-bond donors (Lipinski definition) is 2. The topological polar surface area (TPSA) is 64.3 Å². The van der Waals surface area contributed by atoms with E-state index in [1.807, 2.05) is 0 Å². The van der Waals surface area contributed by atoms with Gasteiger partial charge in [0.05, 0.1) is 11.3 Å². The zero-order valence-corrected chi connectivity index (χ0v) is 12.0. The second-order valence-corrected chi connectivity index (χ2v) is 4.72. The molecule has 0 heterocycles. The van der Waals surface area contributed by atoms with Gasteiger partial charge in [-0.25, -0.2) is 4.39 Å². The number of amides is 1. The van der Waals surface area contributed by atoms with Crippen LogP contribution in [0.4, 0.5) is 10.1 Å². The first-order valence-corrected chi connectivity index (χ1v) is 6.52. The number of carbonyl (C=O) groups excluding carboxylic acids is 1. The van der Waals surface area contributed by atoms with Crippen molar-refractivity contribution in [1.82, 2.24) is 0 Å². The minimum Gasteiger partial charge on any atom is -0.454 e. The van der Waals surface area contributed by atoms with Crippen molar-refractivity contribution in [1.29, 1.82) is 0 Å². The molecule has 108 valence electrons. The maximum absolute atomic E-state index is 13.3. The van der Waals surface area contributed by atoms with E-state index in [1.54, 1.807) is 24.3 Å². The van der Waals surface area contributed by atoms with Crippen LogP contribution < -0.4 is 15.8 Å². The van der Waals surface area contributed by atoms with E-state index < -0.39 is 5.82 Å². The van der Waals surface area contributed by atoms with Gasteiger partial charge in [0.25, 0.3) is 0 Å². The van der Waals surface area contributed by atoms with Gasteiger partial charge in [-0.1, -0.05) is 24.4 Å². The Morgan fingerprint density at radius 2 is 1.95 bits per heavy atom. The van der Waals surface area contributed by atoms with Gasteiger partial charge in [0.1, 0.15) is 16.6 Å². The van der Waals surface area contributed by atoms with E-state index in [0.29, 0.717) is 22.7 Å². The number of rotatable bonds is 4. The molecule has 4 nitrogen and oxygen atoms in total. The molecule has 0 saturated carbocycles. The number of thiocarbonyl (C=S) groups is 1. The molecule has 21 heavy (non-hydrogen) atoms. The summed E-state index contributed by atoms with van der Waals surface area (Å²) < 4.78 is 19.0. The number of anilines is 1. The molecule has 0 atom stereocenters. The predicted octanol–water partition coefficient (Wildman–Crippen LogP) is 3.21. The normalized spacial score (nSPS) is 10.0. The number of ether oxygens (including phenoxy) is 1. The van der Waals surface area contributed by atoms with Gasteiger partial charge in [-0.3, -0.25) is 4.79 Å². The van der Waals surface area contributed by atoms with Gasteiger partial charge in [0, 0.05) is 6.92 Å². The first-order chi connectivity index (χ1) is 9.97. The van der Waals surface area contributed by atoms with E-state index in [2.05, 4.69) is 5.32 Å². The van der Waals surface area contributed by atoms with E-state index in [9.17, 15) is 9.18 Å². The second-order valence-electron chi connectivity index (χ2n) is 4.28. The van der Waals surface area contributed by atoms with E-state index in [-0.39, 0.29) is 10.9 Å². The maximum atomic E-state index is 13.3. The summed E-state index contributed by atoms with van der Waals surface area (Å²) in [6.07, 6.45) is 0. The third-order valence-electron chi connectivity index (χ3n) is 2.62. The molecule has 0 aromatic heterocycles. The number of nitrogens with two attached hydrogens (primary N) is 1. The lowest BCUT2D eigenvalue weighted by Gasteiger charge is -2.13. The Bertz CT molecular complexity index is 704. The van der Waals surface area contributed by atoms with Crippen molar-refractivity contribution in [3.8, 4) is 11.5 Å². The summed E-state index contributed by atoms with van der Waals surface area (Å²) >= 11 is 4.89. The highest BCUT2D eigenvalue weighted by atomic mass is 32.1. The second kappa shape index (κ2) is 6.32. The molecule has 0 aliphatic rings. The van der Waals surface area contributed by atoms with Gasteiger partial charge >= 0.3 is 0 Å². The zero-order chi connectivity index (χ0) is 15.4. The number of benzene rings is 2. The summed E-state index contributed by atoms with van der Waals surface area (Å²) in [6.45, 7) is 1.40. The highest BCUT2D eigenvalue weighted by molar-refractivity contribution is 7.80.